The molecule has 3 amide bonds. The lowest BCUT2D eigenvalue weighted by Gasteiger charge is -2.45. The van der Waals surface area contributed by atoms with Crippen LogP contribution in [0.3, 0.4) is 0 Å². The summed E-state index contributed by atoms with van der Waals surface area (Å²) in [4.78, 5) is 61.3. The van der Waals surface area contributed by atoms with E-state index in [-0.39, 0.29) is 48.2 Å². The smallest absolute Gasteiger partial charge is 0.412 e. The van der Waals surface area contributed by atoms with Gasteiger partial charge in [0, 0.05) is 29.7 Å². The number of anilines is 3. The normalized spacial score (nSPS) is 22.3. The van der Waals surface area contributed by atoms with Crippen molar-refractivity contribution in [3.8, 4) is 11.3 Å². The second-order valence-electron chi connectivity index (χ2n) is 11.6. The topological polar surface area (TPSA) is 164 Å². The van der Waals surface area contributed by atoms with Gasteiger partial charge in [0.25, 0.3) is 0 Å². The lowest BCUT2D eigenvalue weighted by atomic mass is 9.82. The quantitative estimate of drug-likeness (QED) is 0.149. The van der Waals surface area contributed by atoms with Crippen molar-refractivity contribution in [2.24, 2.45) is 0 Å². The Kier molecular flexibility index (Phi) is 9.27. The highest BCUT2D eigenvalue weighted by Gasteiger charge is 2.49. The Morgan fingerprint density at radius 1 is 1.19 bits per heavy atom. The molecule has 3 atom stereocenters. The molecule has 48 heavy (non-hydrogen) atoms. The number of nitrogens with zero attached hydrogens (tertiary/aromatic N) is 2. The number of nitrogens with one attached hydrogen (secondary N) is 4. The maximum atomic E-state index is 15.5. The average Bonchev–Trinajstić information content (AvgIpc) is 3.55. The summed E-state index contributed by atoms with van der Waals surface area (Å²) in [6, 6.07) is 7.14. The van der Waals surface area contributed by atoms with Gasteiger partial charge in [0.15, 0.2) is 11.4 Å². The van der Waals surface area contributed by atoms with Crippen LogP contribution in [0, 0.1) is 5.82 Å². The van der Waals surface area contributed by atoms with Crippen LogP contribution in [-0.2, 0) is 29.4 Å². The van der Waals surface area contributed by atoms with Crippen LogP contribution in [0.5, 0.6) is 0 Å². The largest absolute Gasteiger partial charge is 0.464 e. The summed E-state index contributed by atoms with van der Waals surface area (Å²) < 4.78 is 31.3. The molecule has 0 radical (unpaired) electrons. The number of benzene rings is 2. The fourth-order valence-corrected chi connectivity index (χ4v) is 6.56. The number of halogens is 2. The Morgan fingerprint density at radius 2 is 2.00 bits per heavy atom. The monoisotopic (exact) mass is 680 g/mol. The molecule has 4 N–H and O–H groups in total. The number of ether oxygens (including phenoxy) is 3. The van der Waals surface area contributed by atoms with Gasteiger partial charge in [-0.05, 0) is 62.9 Å². The van der Waals surface area contributed by atoms with Crippen molar-refractivity contribution >= 4 is 52.7 Å². The molecular formula is C33H34ClFN6O7. The Hall–Kier alpha value is -5.11. The van der Waals surface area contributed by atoms with Crippen molar-refractivity contribution in [3.05, 3.63) is 70.9 Å². The number of imidazole rings is 1. The third-order valence-corrected chi connectivity index (χ3v) is 8.90. The minimum absolute atomic E-state index is 0.0784. The van der Waals surface area contributed by atoms with Crippen molar-refractivity contribution in [2.75, 3.05) is 42.8 Å². The van der Waals surface area contributed by atoms with E-state index in [0.29, 0.717) is 47.8 Å². The third-order valence-electron chi connectivity index (χ3n) is 8.61. The van der Waals surface area contributed by atoms with Crippen LogP contribution in [0.2, 0.25) is 5.02 Å². The molecule has 1 spiro atoms. The molecule has 1 saturated heterocycles. The summed E-state index contributed by atoms with van der Waals surface area (Å²) in [6.07, 6.45) is 5.06. The van der Waals surface area contributed by atoms with Gasteiger partial charge in [-0.2, -0.15) is 0 Å². The number of aromatic amines is 1. The lowest BCUT2D eigenvalue weighted by molar-refractivity contribution is -0.144. The summed E-state index contributed by atoms with van der Waals surface area (Å²) in [7, 11) is 1.25. The van der Waals surface area contributed by atoms with Crippen LogP contribution in [0.15, 0.2) is 48.7 Å². The second-order valence-corrected chi connectivity index (χ2v) is 12.1. The Labute approximate surface area is 280 Å². The highest BCUT2D eigenvalue weighted by molar-refractivity contribution is 6.31. The number of methoxy groups -OCH3 is 1. The van der Waals surface area contributed by atoms with E-state index in [2.05, 4.69) is 20.9 Å². The lowest BCUT2D eigenvalue weighted by Crippen LogP contribution is -2.54. The first-order chi connectivity index (χ1) is 23.1. The van der Waals surface area contributed by atoms with Crippen LogP contribution in [0.4, 0.5) is 31.0 Å². The zero-order valence-electron chi connectivity index (χ0n) is 26.2. The van der Waals surface area contributed by atoms with E-state index in [1.54, 1.807) is 48.4 Å². The van der Waals surface area contributed by atoms with Crippen LogP contribution < -0.4 is 16.0 Å². The van der Waals surface area contributed by atoms with E-state index in [1.807, 2.05) is 0 Å². The number of hydrogen-bond acceptors (Lipinski definition) is 9. The first-order valence-electron chi connectivity index (χ1n) is 15.5. The fourth-order valence-electron chi connectivity index (χ4n) is 6.41. The highest BCUT2D eigenvalue weighted by atomic mass is 35.5. The molecule has 13 nitrogen and oxygen atoms in total. The second kappa shape index (κ2) is 13.6. The predicted octanol–water partition coefficient (Wildman–Crippen LogP) is 5.90. The van der Waals surface area contributed by atoms with Crippen LogP contribution in [-0.4, -0.2) is 71.8 Å². The number of carbonyl (C=O) groups is 4. The summed E-state index contributed by atoms with van der Waals surface area (Å²) in [6.45, 7) is 2.17. The molecule has 3 aliphatic rings. The van der Waals surface area contributed by atoms with E-state index in [1.165, 1.54) is 19.2 Å². The van der Waals surface area contributed by atoms with Crippen molar-refractivity contribution in [1.29, 1.82) is 0 Å². The number of piperidine rings is 1. The minimum Gasteiger partial charge on any atom is -0.464 e. The molecule has 4 heterocycles. The van der Waals surface area contributed by atoms with Gasteiger partial charge in [-0.25, -0.2) is 23.8 Å². The van der Waals surface area contributed by atoms with Crippen molar-refractivity contribution in [2.45, 2.75) is 50.2 Å². The first-order valence-corrected chi connectivity index (χ1v) is 15.9. The maximum Gasteiger partial charge on any atom is 0.412 e. The molecule has 2 bridgehead atoms. The molecule has 3 aliphatic heterocycles. The van der Waals surface area contributed by atoms with E-state index >= 15 is 4.39 Å². The highest BCUT2D eigenvalue weighted by Crippen LogP contribution is 2.46. The number of fused-ring (bicyclic) bond motifs is 6. The molecule has 2 unspecified atom stereocenters. The zero-order valence-corrected chi connectivity index (χ0v) is 27.0. The number of rotatable bonds is 4. The summed E-state index contributed by atoms with van der Waals surface area (Å²) >= 11 is 6.14. The molecule has 0 aliphatic carbocycles. The standard InChI is InChI=1S/C33H34ClFN6O7/c1-3-47-30(43)23-8-5-4-7-20(28-36-16-25(39-28)19-10-9-18(15-24(19)38-23)37-31(44)46-2)29(42)41-14-6-13-33(17-41)26-22(40-32(45)48-33)12-11-21(34)27(26)35/h4-5,9-12,15-16,20,23,38H,3,6-8,13-14,17H2,1-2H3,(H,36,39)(H,37,44)(H,40,45)/b5-4+/t20?,23?,33-/m0/s1. The van der Waals surface area contributed by atoms with E-state index in [0.717, 1.165) is 0 Å². The first kappa shape index (κ1) is 32.8. The Bertz CT molecular complexity index is 1800. The molecule has 6 rings (SSSR count). The van der Waals surface area contributed by atoms with Crippen LogP contribution in [0.1, 0.15) is 49.9 Å². The van der Waals surface area contributed by atoms with Crippen molar-refractivity contribution in [1.82, 2.24) is 14.9 Å². The minimum atomic E-state index is -1.43. The summed E-state index contributed by atoms with van der Waals surface area (Å²) in [5.74, 6) is -1.88. The zero-order chi connectivity index (χ0) is 34.0. The van der Waals surface area contributed by atoms with Gasteiger partial charge in [-0.15, -0.1) is 0 Å². The number of aromatic nitrogens is 2. The van der Waals surface area contributed by atoms with E-state index in [4.69, 9.17) is 30.8 Å². The Balaban J connectivity index is 1.35. The number of carbonyl (C=O) groups excluding carboxylic acids is 4. The van der Waals surface area contributed by atoms with E-state index in [9.17, 15) is 19.2 Å². The number of amides is 3. The van der Waals surface area contributed by atoms with Crippen LogP contribution in [0.25, 0.3) is 11.3 Å². The van der Waals surface area contributed by atoms with Gasteiger partial charge in [0.1, 0.15) is 11.9 Å². The molecule has 15 heteroatoms. The SMILES string of the molecule is CCOC(=O)C1C/C=C/CC(C(=O)N2CCC[C@@]3(C2)OC(=O)Nc2ccc(Cl)c(F)c23)c2nc(c[nH]2)-c2ccc(NC(=O)OC)cc2N1. The predicted molar refractivity (Wildman–Crippen MR) is 174 cm³/mol. The summed E-state index contributed by atoms with van der Waals surface area (Å²) in [5.41, 5.74) is 0.918. The van der Waals surface area contributed by atoms with Gasteiger partial charge in [0.05, 0.1) is 48.1 Å². The van der Waals surface area contributed by atoms with Crippen LogP contribution >= 0.6 is 11.6 Å². The van der Waals surface area contributed by atoms with E-state index < -0.39 is 41.5 Å². The average molecular weight is 681 g/mol. The Morgan fingerprint density at radius 3 is 2.79 bits per heavy atom. The molecule has 252 valence electrons. The summed E-state index contributed by atoms with van der Waals surface area (Å²) in [5, 5.41) is 8.28. The number of likely N-dealkylation sites (tertiary alicyclic amines) is 1. The van der Waals surface area contributed by atoms with Gasteiger partial charge in [-0.1, -0.05) is 23.8 Å². The number of hydrogen-bond donors (Lipinski definition) is 4. The number of allylic oxidation sites excluding steroid dienone is 1. The van der Waals surface area contributed by atoms with Gasteiger partial charge < -0.3 is 29.4 Å². The van der Waals surface area contributed by atoms with Crippen molar-refractivity contribution in [3.63, 3.8) is 0 Å². The molecule has 0 saturated carbocycles. The fraction of sp³-hybridized carbons (Fsp3) is 0.364. The number of H-pyrrole nitrogens is 1. The third kappa shape index (κ3) is 6.39. The van der Waals surface area contributed by atoms with Crippen molar-refractivity contribution < 1.29 is 37.8 Å². The number of esters is 1. The molecule has 2 aromatic carbocycles. The molecule has 1 aromatic heterocycles. The molecular weight excluding hydrogens is 647 g/mol. The van der Waals surface area contributed by atoms with Gasteiger partial charge in [0.2, 0.25) is 5.91 Å². The van der Waals surface area contributed by atoms with Gasteiger partial charge >= 0.3 is 18.2 Å². The van der Waals surface area contributed by atoms with Gasteiger partial charge in [-0.3, -0.25) is 15.4 Å². The maximum absolute atomic E-state index is 15.5. The molecule has 3 aromatic rings. The molecule has 1 fully saturated rings.